The van der Waals surface area contributed by atoms with E-state index in [-0.39, 0.29) is 16.9 Å². The van der Waals surface area contributed by atoms with Gasteiger partial charge in [0, 0.05) is 34.6 Å². The van der Waals surface area contributed by atoms with Gasteiger partial charge in [0.25, 0.3) is 5.91 Å². The number of anilines is 4. The first-order chi connectivity index (χ1) is 20.6. The Bertz CT molecular complexity index is 1720. The lowest BCUT2D eigenvalue weighted by Gasteiger charge is -2.25. The van der Waals surface area contributed by atoms with Crippen LogP contribution in [-0.4, -0.2) is 16.9 Å². The fourth-order valence-electron chi connectivity index (χ4n) is 4.39. The van der Waals surface area contributed by atoms with Gasteiger partial charge in [-0.3, -0.25) is 14.5 Å². The number of primary amides is 1. The van der Waals surface area contributed by atoms with Gasteiger partial charge in [-0.05, 0) is 104 Å². The average Bonchev–Trinajstić information content (AvgIpc) is 2.98. The van der Waals surface area contributed by atoms with Crippen LogP contribution in [0.2, 0.25) is 0 Å². The Labute approximate surface area is 248 Å². The molecule has 0 aliphatic heterocycles. The summed E-state index contributed by atoms with van der Waals surface area (Å²) in [4.78, 5) is 27.6. The van der Waals surface area contributed by atoms with Gasteiger partial charge in [0.1, 0.15) is 28.7 Å². The highest BCUT2D eigenvalue weighted by Crippen LogP contribution is 2.37. The molecule has 43 heavy (non-hydrogen) atoms. The number of nitrogen functional groups attached to an aromatic ring is 2. The molecule has 0 unspecified atom stereocenters. The number of ether oxygens (including phenoxy) is 2. The fourth-order valence-corrected chi connectivity index (χ4v) is 4.39. The highest BCUT2D eigenvalue weighted by molar-refractivity contribution is 6.12. The van der Waals surface area contributed by atoms with E-state index in [1.165, 1.54) is 23.1 Å². The van der Waals surface area contributed by atoms with Crippen molar-refractivity contribution in [3.8, 4) is 28.7 Å². The third kappa shape index (κ3) is 6.52. The Morgan fingerprint density at radius 3 is 1.51 bits per heavy atom. The number of carbonyl (C=O) groups is 2. The maximum absolute atomic E-state index is 14.2. The molecule has 0 aliphatic rings. The molecule has 9 nitrogen and oxygen atoms in total. The number of benzene rings is 5. The van der Waals surface area contributed by atoms with Crippen molar-refractivity contribution >= 4 is 34.6 Å². The number of amides is 2. The van der Waals surface area contributed by atoms with Crippen LogP contribution in [0.25, 0.3) is 0 Å². The van der Waals surface area contributed by atoms with Crippen molar-refractivity contribution in [2.45, 2.75) is 13.8 Å². The summed E-state index contributed by atoms with van der Waals surface area (Å²) in [6.45, 7) is 3.78. The molecule has 2 amide bonds. The zero-order valence-corrected chi connectivity index (χ0v) is 23.6. The van der Waals surface area contributed by atoms with E-state index in [9.17, 15) is 14.7 Å². The Kier molecular flexibility index (Phi) is 7.89. The van der Waals surface area contributed by atoms with Crippen molar-refractivity contribution in [3.63, 3.8) is 0 Å². The van der Waals surface area contributed by atoms with Crippen LogP contribution in [-0.2, 0) is 0 Å². The number of phenols is 1. The molecule has 0 saturated heterocycles. The molecule has 0 bridgehead atoms. The number of rotatable bonds is 8. The third-order valence-electron chi connectivity index (χ3n) is 6.73. The number of aromatic hydroxyl groups is 1. The number of carbonyl (C=O) groups excluding carboxylic acids is 2. The van der Waals surface area contributed by atoms with Crippen molar-refractivity contribution in [2.24, 2.45) is 5.73 Å². The predicted octanol–water partition coefficient (Wildman–Crippen LogP) is 6.84. The van der Waals surface area contributed by atoms with Crippen LogP contribution < -0.4 is 31.6 Å². The lowest BCUT2D eigenvalue weighted by atomic mass is 10.1. The Morgan fingerprint density at radius 1 is 0.628 bits per heavy atom. The third-order valence-corrected chi connectivity index (χ3v) is 6.73. The zero-order chi connectivity index (χ0) is 30.7. The molecule has 9 heteroatoms. The summed E-state index contributed by atoms with van der Waals surface area (Å²) in [7, 11) is 0. The second-order valence-corrected chi connectivity index (χ2v) is 10.0. The first-order valence-electron chi connectivity index (χ1n) is 13.3. The maximum Gasteiger partial charge on any atom is 0.262 e. The molecular formula is C34H30N4O5. The highest BCUT2D eigenvalue weighted by Gasteiger charge is 2.24. The van der Waals surface area contributed by atoms with Gasteiger partial charge in [-0.25, -0.2) is 0 Å². The quantitative estimate of drug-likeness (QED) is 0.148. The van der Waals surface area contributed by atoms with Crippen molar-refractivity contribution in [1.29, 1.82) is 0 Å². The molecule has 0 aliphatic carbocycles. The SMILES string of the molecule is Cc1ccc(N(C(=O)c2cc(O)cc(C(N)=O)c2)c2ccc(C)c(Oc3ccc(N)cc3)c2)cc1Oc1ccc(N)cc1. The normalized spacial score (nSPS) is 10.7. The summed E-state index contributed by atoms with van der Waals surface area (Å²) in [5, 5.41) is 10.3. The number of nitrogens with zero attached hydrogens (tertiary/aromatic N) is 1. The van der Waals surface area contributed by atoms with E-state index in [0.29, 0.717) is 45.7 Å². The standard InChI is InChI=1S/C34H30N4O5/c1-20-3-9-26(18-31(20)42-29-11-5-24(35)6-12-29)38(34(41)23-15-22(33(37)40)16-28(39)17-23)27-10-4-21(2)32(19-27)43-30-13-7-25(36)8-14-30/h3-19,39H,35-36H2,1-2H3,(H2,37,40). The van der Waals surface area contributed by atoms with Gasteiger partial charge >= 0.3 is 0 Å². The molecule has 5 aromatic carbocycles. The Balaban J connectivity index is 1.62. The van der Waals surface area contributed by atoms with Gasteiger partial charge in [-0.1, -0.05) is 12.1 Å². The molecule has 0 spiro atoms. The minimum Gasteiger partial charge on any atom is -0.508 e. The summed E-state index contributed by atoms with van der Waals surface area (Å²) >= 11 is 0. The van der Waals surface area contributed by atoms with Gasteiger partial charge in [-0.2, -0.15) is 0 Å². The lowest BCUT2D eigenvalue weighted by molar-refractivity contribution is 0.0998. The molecule has 0 saturated carbocycles. The lowest BCUT2D eigenvalue weighted by Crippen LogP contribution is -2.26. The average molecular weight is 575 g/mol. The zero-order valence-electron chi connectivity index (χ0n) is 23.6. The molecule has 0 heterocycles. The van der Waals surface area contributed by atoms with Crippen LogP contribution >= 0.6 is 0 Å². The summed E-state index contributed by atoms with van der Waals surface area (Å²) < 4.78 is 12.3. The van der Waals surface area contributed by atoms with Crippen LogP contribution in [0.4, 0.5) is 22.7 Å². The summed E-state index contributed by atoms with van der Waals surface area (Å²) in [6.07, 6.45) is 0. The van der Waals surface area contributed by atoms with Crippen LogP contribution in [0.5, 0.6) is 28.7 Å². The fraction of sp³-hybridized carbons (Fsp3) is 0.0588. The van der Waals surface area contributed by atoms with Crippen molar-refractivity contribution in [3.05, 3.63) is 125 Å². The Morgan fingerprint density at radius 2 is 1.07 bits per heavy atom. The van der Waals surface area contributed by atoms with E-state index >= 15 is 0 Å². The first-order valence-corrected chi connectivity index (χ1v) is 13.3. The second kappa shape index (κ2) is 11.9. The van der Waals surface area contributed by atoms with E-state index in [0.717, 1.165) is 11.1 Å². The summed E-state index contributed by atoms with van der Waals surface area (Å²) in [5.74, 6) is 0.594. The van der Waals surface area contributed by atoms with Crippen LogP contribution in [0, 0.1) is 13.8 Å². The van der Waals surface area contributed by atoms with Gasteiger partial charge < -0.3 is 31.8 Å². The molecular weight excluding hydrogens is 544 g/mol. The second-order valence-electron chi connectivity index (χ2n) is 10.0. The predicted molar refractivity (Wildman–Crippen MR) is 167 cm³/mol. The Hall–Kier alpha value is -5.96. The molecule has 216 valence electrons. The number of hydrogen-bond donors (Lipinski definition) is 4. The van der Waals surface area contributed by atoms with Crippen LogP contribution in [0.1, 0.15) is 31.8 Å². The van der Waals surface area contributed by atoms with E-state index in [1.807, 2.05) is 26.0 Å². The molecule has 5 aromatic rings. The molecule has 0 atom stereocenters. The minimum absolute atomic E-state index is 0.00383. The van der Waals surface area contributed by atoms with Crippen LogP contribution in [0.3, 0.4) is 0 Å². The minimum atomic E-state index is -0.777. The molecule has 0 radical (unpaired) electrons. The number of phenolic OH excluding ortho intramolecular Hbond substituents is 1. The van der Waals surface area contributed by atoms with Crippen molar-refractivity contribution in [2.75, 3.05) is 16.4 Å². The smallest absolute Gasteiger partial charge is 0.262 e. The van der Waals surface area contributed by atoms with Crippen molar-refractivity contribution < 1.29 is 24.2 Å². The van der Waals surface area contributed by atoms with Crippen molar-refractivity contribution in [1.82, 2.24) is 0 Å². The summed E-state index contributed by atoms with van der Waals surface area (Å²) in [5.41, 5.74) is 21.0. The van der Waals surface area contributed by atoms with Crippen LogP contribution in [0.15, 0.2) is 103 Å². The van der Waals surface area contributed by atoms with Gasteiger partial charge in [0.2, 0.25) is 5.91 Å². The van der Waals surface area contributed by atoms with Gasteiger partial charge in [-0.15, -0.1) is 0 Å². The molecule has 5 rings (SSSR count). The topological polar surface area (TPSA) is 154 Å². The largest absolute Gasteiger partial charge is 0.508 e. The molecule has 0 aromatic heterocycles. The monoisotopic (exact) mass is 574 g/mol. The number of hydrogen-bond acceptors (Lipinski definition) is 7. The van der Waals surface area contributed by atoms with E-state index in [4.69, 9.17) is 26.7 Å². The van der Waals surface area contributed by atoms with Gasteiger partial charge in [0.15, 0.2) is 0 Å². The van der Waals surface area contributed by atoms with E-state index < -0.39 is 11.8 Å². The molecule has 7 N–H and O–H groups in total. The number of aryl methyl sites for hydroxylation is 2. The highest BCUT2D eigenvalue weighted by atomic mass is 16.5. The molecule has 0 fully saturated rings. The first kappa shape index (κ1) is 28.6. The van der Waals surface area contributed by atoms with Gasteiger partial charge in [0.05, 0.1) is 11.4 Å². The summed E-state index contributed by atoms with van der Waals surface area (Å²) in [6, 6.07) is 28.5. The number of nitrogens with two attached hydrogens (primary N) is 3. The van der Waals surface area contributed by atoms with E-state index in [2.05, 4.69) is 0 Å². The van der Waals surface area contributed by atoms with E-state index in [1.54, 1.807) is 72.8 Å². The maximum atomic E-state index is 14.2.